The summed E-state index contributed by atoms with van der Waals surface area (Å²) in [4.78, 5) is 12.2. The molecule has 23 heavy (non-hydrogen) atoms. The van der Waals surface area contributed by atoms with Gasteiger partial charge in [-0.1, -0.05) is 19.9 Å². The van der Waals surface area contributed by atoms with Crippen LogP contribution in [0.4, 0.5) is 0 Å². The summed E-state index contributed by atoms with van der Waals surface area (Å²) in [6.45, 7) is 8.23. The number of rotatable bonds is 7. The SMILES string of the molecule is CCN(CC)S(=O)(=O)c1cccc(C(=O)NCC(C)(C)N)c1.Cl. The lowest BCUT2D eigenvalue weighted by atomic mass is 10.1. The highest BCUT2D eigenvalue weighted by Gasteiger charge is 2.22. The van der Waals surface area contributed by atoms with Gasteiger partial charge >= 0.3 is 0 Å². The number of nitrogens with two attached hydrogens (primary N) is 1. The number of carbonyl (C=O) groups is 1. The minimum absolute atomic E-state index is 0. The lowest BCUT2D eigenvalue weighted by Crippen LogP contribution is -2.45. The van der Waals surface area contributed by atoms with Crippen molar-refractivity contribution in [3.8, 4) is 0 Å². The van der Waals surface area contributed by atoms with Crippen LogP contribution in [0.3, 0.4) is 0 Å². The second-order valence-corrected chi connectivity index (χ2v) is 7.73. The van der Waals surface area contributed by atoms with Crippen LogP contribution in [0.2, 0.25) is 0 Å². The smallest absolute Gasteiger partial charge is 0.251 e. The van der Waals surface area contributed by atoms with Crippen LogP contribution in [-0.4, -0.2) is 43.8 Å². The van der Waals surface area contributed by atoms with Gasteiger partial charge in [-0.15, -0.1) is 12.4 Å². The van der Waals surface area contributed by atoms with Crippen molar-refractivity contribution < 1.29 is 13.2 Å². The lowest BCUT2D eigenvalue weighted by molar-refractivity contribution is 0.0946. The van der Waals surface area contributed by atoms with Crippen LogP contribution >= 0.6 is 12.4 Å². The molecular formula is C15H26ClN3O3S. The van der Waals surface area contributed by atoms with Gasteiger partial charge in [-0.05, 0) is 32.0 Å². The first-order valence-corrected chi connectivity index (χ1v) is 8.73. The van der Waals surface area contributed by atoms with Gasteiger partial charge in [-0.25, -0.2) is 8.42 Å². The maximum atomic E-state index is 12.5. The molecule has 0 fully saturated rings. The molecule has 0 aliphatic carbocycles. The Labute approximate surface area is 144 Å². The van der Waals surface area contributed by atoms with Crippen LogP contribution in [0.1, 0.15) is 38.1 Å². The number of carbonyl (C=O) groups excluding carboxylic acids is 1. The minimum Gasteiger partial charge on any atom is -0.350 e. The molecular weight excluding hydrogens is 338 g/mol. The molecule has 0 heterocycles. The Morgan fingerprint density at radius 3 is 2.30 bits per heavy atom. The molecule has 0 saturated carbocycles. The largest absolute Gasteiger partial charge is 0.350 e. The number of nitrogens with zero attached hydrogens (tertiary/aromatic N) is 1. The van der Waals surface area contributed by atoms with Crippen LogP contribution in [-0.2, 0) is 10.0 Å². The summed E-state index contributed by atoms with van der Waals surface area (Å²) < 4.78 is 26.3. The second-order valence-electron chi connectivity index (χ2n) is 5.79. The Balaban J connectivity index is 0.00000484. The van der Waals surface area contributed by atoms with E-state index in [0.717, 1.165) is 0 Å². The number of sulfonamides is 1. The summed E-state index contributed by atoms with van der Waals surface area (Å²) in [7, 11) is -3.57. The van der Waals surface area contributed by atoms with E-state index in [1.807, 2.05) is 0 Å². The van der Waals surface area contributed by atoms with Gasteiger partial charge in [0.15, 0.2) is 0 Å². The van der Waals surface area contributed by atoms with Crippen LogP contribution in [0, 0.1) is 0 Å². The summed E-state index contributed by atoms with van der Waals surface area (Å²) in [5.41, 5.74) is 5.60. The van der Waals surface area contributed by atoms with Crippen molar-refractivity contribution in [3.05, 3.63) is 29.8 Å². The van der Waals surface area contributed by atoms with Crippen molar-refractivity contribution in [3.63, 3.8) is 0 Å². The highest BCUT2D eigenvalue weighted by molar-refractivity contribution is 7.89. The van der Waals surface area contributed by atoms with E-state index in [1.54, 1.807) is 39.8 Å². The molecule has 6 nitrogen and oxygen atoms in total. The molecule has 0 bridgehead atoms. The van der Waals surface area contributed by atoms with Crippen LogP contribution in [0.25, 0.3) is 0 Å². The molecule has 0 atom stereocenters. The van der Waals surface area contributed by atoms with Crippen molar-refractivity contribution in [2.75, 3.05) is 19.6 Å². The number of hydrogen-bond donors (Lipinski definition) is 2. The topological polar surface area (TPSA) is 92.5 Å². The first-order chi connectivity index (χ1) is 10.1. The molecule has 0 aliphatic heterocycles. The molecule has 0 spiro atoms. The first kappa shape index (κ1) is 21.9. The molecule has 1 amide bonds. The molecule has 0 aliphatic rings. The molecule has 0 radical (unpaired) electrons. The van der Waals surface area contributed by atoms with Gasteiger partial charge in [-0.2, -0.15) is 4.31 Å². The minimum atomic E-state index is -3.57. The number of hydrogen-bond acceptors (Lipinski definition) is 4. The standard InChI is InChI=1S/C15H25N3O3S.ClH/c1-5-18(6-2)22(20,21)13-9-7-8-12(10-13)14(19)17-11-15(3,4)16;/h7-10H,5-6,11,16H2,1-4H3,(H,17,19);1H. The first-order valence-electron chi connectivity index (χ1n) is 7.29. The van der Waals surface area contributed by atoms with Gasteiger partial charge in [0.2, 0.25) is 10.0 Å². The van der Waals surface area contributed by atoms with E-state index in [1.165, 1.54) is 16.4 Å². The van der Waals surface area contributed by atoms with Crippen LogP contribution in [0.5, 0.6) is 0 Å². The van der Waals surface area contributed by atoms with Gasteiger partial charge in [0.25, 0.3) is 5.91 Å². The average molecular weight is 364 g/mol. The maximum absolute atomic E-state index is 12.5. The van der Waals surface area contributed by atoms with Gasteiger partial charge in [0.05, 0.1) is 4.90 Å². The molecule has 132 valence electrons. The Morgan fingerprint density at radius 2 is 1.83 bits per heavy atom. The summed E-state index contributed by atoms with van der Waals surface area (Å²) in [5, 5.41) is 2.70. The van der Waals surface area contributed by atoms with E-state index in [2.05, 4.69) is 5.32 Å². The summed E-state index contributed by atoms with van der Waals surface area (Å²) in [5.74, 6) is -0.338. The molecule has 0 aromatic heterocycles. The molecule has 8 heteroatoms. The fourth-order valence-electron chi connectivity index (χ4n) is 1.92. The predicted octanol–water partition coefficient (Wildman–Crippen LogP) is 1.61. The normalized spacial score (nSPS) is 11.9. The second kappa shape index (κ2) is 8.63. The fraction of sp³-hybridized carbons (Fsp3) is 0.533. The van der Waals surface area contributed by atoms with Crippen molar-refractivity contribution in [1.82, 2.24) is 9.62 Å². The Bertz CT molecular complexity index is 623. The van der Waals surface area contributed by atoms with E-state index in [9.17, 15) is 13.2 Å². The van der Waals surface area contributed by atoms with Crippen molar-refractivity contribution in [1.29, 1.82) is 0 Å². The van der Waals surface area contributed by atoms with E-state index in [0.29, 0.717) is 25.2 Å². The van der Waals surface area contributed by atoms with Crippen molar-refractivity contribution in [2.45, 2.75) is 38.1 Å². The lowest BCUT2D eigenvalue weighted by Gasteiger charge is -2.20. The zero-order valence-corrected chi connectivity index (χ0v) is 15.6. The van der Waals surface area contributed by atoms with Crippen molar-refractivity contribution in [2.24, 2.45) is 5.73 Å². The third-order valence-corrected chi connectivity index (χ3v) is 5.19. The highest BCUT2D eigenvalue weighted by atomic mass is 35.5. The Hall–Kier alpha value is -1.15. The summed E-state index contributed by atoms with van der Waals surface area (Å²) >= 11 is 0. The zero-order valence-electron chi connectivity index (χ0n) is 14.0. The van der Waals surface area contributed by atoms with Crippen LogP contribution < -0.4 is 11.1 Å². The zero-order chi connectivity index (χ0) is 17.0. The Morgan fingerprint density at radius 1 is 1.26 bits per heavy atom. The average Bonchev–Trinajstić information content (AvgIpc) is 2.45. The number of nitrogens with one attached hydrogen (secondary N) is 1. The quantitative estimate of drug-likeness (QED) is 0.769. The number of benzene rings is 1. The fourth-order valence-corrected chi connectivity index (χ4v) is 3.42. The third kappa shape index (κ3) is 6.10. The maximum Gasteiger partial charge on any atom is 0.251 e. The molecule has 1 aromatic rings. The van der Waals surface area contributed by atoms with E-state index >= 15 is 0 Å². The number of amides is 1. The summed E-state index contributed by atoms with van der Waals surface area (Å²) in [6, 6.07) is 6.04. The van der Waals surface area contributed by atoms with Gasteiger partial charge in [0.1, 0.15) is 0 Å². The molecule has 0 saturated heterocycles. The van der Waals surface area contributed by atoms with Crippen LogP contribution in [0.15, 0.2) is 29.2 Å². The van der Waals surface area contributed by atoms with E-state index in [-0.39, 0.29) is 23.2 Å². The van der Waals surface area contributed by atoms with Crippen molar-refractivity contribution >= 4 is 28.3 Å². The molecule has 0 unspecified atom stereocenters. The highest BCUT2D eigenvalue weighted by Crippen LogP contribution is 2.17. The molecule has 1 aromatic carbocycles. The Kier molecular flexibility index (Phi) is 8.20. The molecule has 3 N–H and O–H groups in total. The monoisotopic (exact) mass is 363 g/mol. The van der Waals surface area contributed by atoms with Gasteiger partial charge < -0.3 is 11.1 Å². The van der Waals surface area contributed by atoms with Gasteiger partial charge in [0, 0.05) is 30.7 Å². The third-order valence-electron chi connectivity index (χ3n) is 3.14. The summed E-state index contributed by atoms with van der Waals surface area (Å²) in [6.07, 6.45) is 0. The predicted molar refractivity (Wildman–Crippen MR) is 94.4 cm³/mol. The van der Waals surface area contributed by atoms with E-state index in [4.69, 9.17) is 5.73 Å². The number of halogens is 1. The van der Waals surface area contributed by atoms with Gasteiger partial charge in [-0.3, -0.25) is 4.79 Å². The molecule has 1 rings (SSSR count). The van der Waals surface area contributed by atoms with E-state index < -0.39 is 15.6 Å².